The molecule has 4 rings (SSSR count). The molecular formula is C29H28N2O8S. The van der Waals surface area contributed by atoms with Crippen LogP contribution in [0.5, 0.6) is 23.0 Å². The van der Waals surface area contributed by atoms with Crippen molar-refractivity contribution >= 4 is 29.4 Å². The largest absolute Gasteiger partial charge is 0.493 e. The first-order valence-corrected chi connectivity index (χ1v) is 12.9. The number of allylic oxidation sites excluding steroid dienone is 1. The molecule has 3 aromatic rings. The molecule has 0 saturated carbocycles. The van der Waals surface area contributed by atoms with Crippen LogP contribution in [0.3, 0.4) is 0 Å². The maximum atomic E-state index is 13.8. The molecule has 0 amide bonds. The number of carbonyl (C=O) groups is 2. The van der Waals surface area contributed by atoms with Gasteiger partial charge in [0, 0.05) is 6.92 Å². The zero-order valence-corrected chi connectivity index (χ0v) is 23.5. The second-order valence-corrected chi connectivity index (χ2v) is 9.60. The first-order valence-electron chi connectivity index (χ1n) is 12.1. The molecule has 2 aromatic carbocycles. The van der Waals surface area contributed by atoms with Gasteiger partial charge in [-0.25, -0.2) is 9.79 Å². The van der Waals surface area contributed by atoms with Crippen LogP contribution >= 0.6 is 11.3 Å². The summed E-state index contributed by atoms with van der Waals surface area (Å²) in [6.07, 6.45) is 3.36. The average Bonchev–Trinajstić information content (AvgIpc) is 3.24. The van der Waals surface area contributed by atoms with Gasteiger partial charge in [0.2, 0.25) is 0 Å². The standard InChI is InChI=1S/C29H28N2O8S/c1-7-12-38-20-10-8-18(13-22(20)35-4)14-24-27(33)31-26(25(28(34)37-6)16(2)30-29(31)40-24)19-9-11-21(39-17(3)32)23(15-19)36-5/h7-11,13-15,26H,1,12H2,2-6H3/b24-14+. The molecule has 1 atom stereocenters. The van der Waals surface area contributed by atoms with Crippen molar-refractivity contribution in [1.29, 1.82) is 0 Å². The molecule has 0 spiro atoms. The van der Waals surface area contributed by atoms with Gasteiger partial charge < -0.3 is 23.7 Å². The number of esters is 2. The molecule has 2 heterocycles. The van der Waals surface area contributed by atoms with Gasteiger partial charge in [-0.3, -0.25) is 14.2 Å². The minimum absolute atomic E-state index is 0.203. The molecule has 1 aliphatic rings. The zero-order valence-electron chi connectivity index (χ0n) is 22.7. The molecule has 11 heteroatoms. The number of aromatic nitrogens is 1. The van der Waals surface area contributed by atoms with Gasteiger partial charge in [0.25, 0.3) is 5.56 Å². The summed E-state index contributed by atoms with van der Waals surface area (Å²) >= 11 is 1.19. The van der Waals surface area contributed by atoms with Gasteiger partial charge in [-0.2, -0.15) is 0 Å². The van der Waals surface area contributed by atoms with Gasteiger partial charge in [0.05, 0.1) is 43.2 Å². The quantitative estimate of drug-likeness (QED) is 0.221. The van der Waals surface area contributed by atoms with Crippen LogP contribution in [0, 0.1) is 0 Å². The minimum atomic E-state index is -0.865. The predicted molar refractivity (Wildman–Crippen MR) is 149 cm³/mol. The summed E-state index contributed by atoms with van der Waals surface area (Å²) in [7, 11) is 4.23. The minimum Gasteiger partial charge on any atom is -0.493 e. The van der Waals surface area contributed by atoms with Crippen LogP contribution in [0.4, 0.5) is 0 Å². The highest BCUT2D eigenvalue weighted by atomic mass is 32.1. The molecule has 0 N–H and O–H groups in total. The maximum absolute atomic E-state index is 13.8. The van der Waals surface area contributed by atoms with Crippen LogP contribution in [-0.2, 0) is 14.3 Å². The second kappa shape index (κ2) is 12.0. The number of thiazole rings is 1. The third kappa shape index (κ3) is 5.55. The van der Waals surface area contributed by atoms with E-state index in [9.17, 15) is 14.4 Å². The van der Waals surface area contributed by atoms with Crippen LogP contribution < -0.4 is 33.8 Å². The van der Waals surface area contributed by atoms with E-state index in [1.807, 2.05) is 0 Å². The maximum Gasteiger partial charge on any atom is 0.338 e. The van der Waals surface area contributed by atoms with Gasteiger partial charge in [-0.15, -0.1) is 0 Å². The molecule has 0 saturated heterocycles. The summed E-state index contributed by atoms with van der Waals surface area (Å²) in [5.41, 5.74) is 1.52. The second-order valence-electron chi connectivity index (χ2n) is 8.59. The molecule has 40 heavy (non-hydrogen) atoms. The number of nitrogens with zero attached hydrogens (tertiary/aromatic N) is 2. The lowest BCUT2D eigenvalue weighted by atomic mass is 9.95. The Kier molecular flexibility index (Phi) is 8.54. The lowest BCUT2D eigenvalue weighted by molar-refractivity contribution is -0.136. The summed E-state index contributed by atoms with van der Waals surface area (Å²) in [5.74, 6) is 0.390. The Bertz CT molecular complexity index is 1700. The van der Waals surface area contributed by atoms with E-state index >= 15 is 0 Å². The number of carbonyl (C=O) groups excluding carboxylic acids is 2. The van der Waals surface area contributed by atoms with Crippen LogP contribution in [0.2, 0.25) is 0 Å². The third-order valence-electron chi connectivity index (χ3n) is 6.03. The van der Waals surface area contributed by atoms with Crippen molar-refractivity contribution in [3.05, 3.63) is 91.1 Å². The van der Waals surface area contributed by atoms with Gasteiger partial charge >= 0.3 is 11.9 Å². The Balaban J connectivity index is 1.89. The van der Waals surface area contributed by atoms with Gasteiger partial charge in [0.1, 0.15) is 6.61 Å². The summed E-state index contributed by atoms with van der Waals surface area (Å²) in [4.78, 5) is 43.3. The number of hydrogen-bond acceptors (Lipinski definition) is 10. The lowest BCUT2D eigenvalue weighted by Gasteiger charge is -2.25. The number of methoxy groups -OCH3 is 3. The lowest BCUT2D eigenvalue weighted by Crippen LogP contribution is -2.39. The fourth-order valence-corrected chi connectivity index (χ4v) is 5.34. The van der Waals surface area contributed by atoms with Gasteiger partial charge in [0.15, 0.2) is 27.8 Å². The Hall–Kier alpha value is -4.64. The Morgan fingerprint density at radius 1 is 1.05 bits per heavy atom. The molecule has 0 fully saturated rings. The van der Waals surface area contributed by atoms with Gasteiger partial charge in [-0.1, -0.05) is 36.1 Å². The number of ether oxygens (including phenoxy) is 5. The predicted octanol–water partition coefficient (Wildman–Crippen LogP) is 2.92. The molecule has 1 aliphatic heterocycles. The topological polar surface area (TPSA) is 115 Å². The molecule has 0 radical (unpaired) electrons. The average molecular weight is 565 g/mol. The SMILES string of the molecule is C=CCOc1ccc(/C=c2/sc3n(c2=O)C(c2ccc(OC(C)=O)c(OC)c2)C(C(=O)OC)=C(C)N=3)cc1OC. The van der Waals surface area contributed by atoms with E-state index in [0.29, 0.717) is 44.3 Å². The Morgan fingerprint density at radius 2 is 1.75 bits per heavy atom. The van der Waals surface area contributed by atoms with Crippen molar-refractivity contribution in [1.82, 2.24) is 4.57 Å². The van der Waals surface area contributed by atoms with E-state index in [1.165, 1.54) is 44.2 Å². The molecular weight excluding hydrogens is 536 g/mol. The number of hydrogen-bond donors (Lipinski definition) is 0. The van der Waals surface area contributed by atoms with Crippen LogP contribution in [0.1, 0.15) is 31.0 Å². The molecule has 0 bridgehead atoms. The molecule has 0 aliphatic carbocycles. The monoisotopic (exact) mass is 564 g/mol. The van der Waals surface area contributed by atoms with Crippen molar-refractivity contribution in [3.8, 4) is 23.0 Å². The summed E-state index contributed by atoms with van der Waals surface area (Å²) in [5, 5.41) is 0. The van der Waals surface area contributed by atoms with E-state index in [0.717, 1.165) is 0 Å². The highest BCUT2D eigenvalue weighted by Crippen LogP contribution is 2.36. The summed E-state index contributed by atoms with van der Waals surface area (Å²) in [6, 6.07) is 9.29. The first kappa shape index (κ1) is 28.4. The fourth-order valence-electron chi connectivity index (χ4n) is 4.29. The fraction of sp³-hybridized carbons (Fsp3) is 0.241. The highest BCUT2D eigenvalue weighted by molar-refractivity contribution is 7.07. The van der Waals surface area contributed by atoms with Crippen molar-refractivity contribution in [3.63, 3.8) is 0 Å². The smallest absolute Gasteiger partial charge is 0.338 e. The zero-order chi connectivity index (χ0) is 29.0. The van der Waals surface area contributed by atoms with E-state index < -0.39 is 18.0 Å². The van der Waals surface area contributed by atoms with E-state index in [2.05, 4.69) is 11.6 Å². The van der Waals surface area contributed by atoms with Crippen molar-refractivity contribution in [2.24, 2.45) is 4.99 Å². The number of benzene rings is 2. The van der Waals surface area contributed by atoms with Crippen molar-refractivity contribution < 1.29 is 33.3 Å². The van der Waals surface area contributed by atoms with E-state index in [1.54, 1.807) is 55.5 Å². The van der Waals surface area contributed by atoms with Crippen molar-refractivity contribution in [2.45, 2.75) is 19.9 Å². The molecule has 208 valence electrons. The van der Waals surface area contributed by atoms with E-state index in [4.69, 9.17) is 23.7 Å². The third-order valence-corrected chi connectivity index (χ3v) is 7.01. The summed E-state index contributed by atoms with van der Waals surface area (Å²) < 4.78 is 28.6. The molecule has 1 aromatic heterocycles. The Morgan fingerprint density at radius 3 is 2.40 bits per heavy atom. The summed E-state index contributed by atoms with van der Waals surface area (Å²) in [6.45, 7) is 6.94. The first-order chi connectivity index (χ1) is 19.2. The number of fused-ring (bicyclic) bond motifs is 1. The van der Waals surface area contributed by atoms with Crippen molar-refractivity contribution in [2.75, 3.05) is 27.9 Å². The van der Waals surface area contributed by atoms with Crippen LogP contribution in [0.25, 0.3) is 6.08 Å². The highest BCUT2D eigenvalue weighted by Gasteiger charge is 2.33. The molecule has 10 nitrogen and oxygen atoms in total. The number of rotatable bonds is 9. The molecule has 1 unspecified atom stereocenters. The van der Waals surface area contributed by atoms with Crippen LogP contribution in [-0.4, -0.2) is 44.4 Å². The normalized spacial score (nSPS) is 14.6. The van der Waals surface area contributed by atoms with E-state index in [-0.39, 0.29) is 22.6 Å². The van der Waals surface area contributed by atoms with Gasteiger partial charge in [-0.05, 0) is 48.4 Å². The Labute approximate surface area is 234 Å². The van der Waals surface area contributed by atoms with Crippen LogP contribution in [0.15, 0.2) is 70.1 Å².